The zero-order valence-electron chi connectivity index (χ0n) is 66.7. The number of unbranched alkanes of at least 4 members (excludes halogenated alkanes) is 3. The number of carbonyl (C=O) groups is 13. The molecule has 4 rings (SSSR count). The average molecular weight is 1610 g/mol. The van der Waals surface area contributed by atoms with Crippen LogP contribution in [0.4, 0.5) is 0 Å². The molecule has 0 unspecified atom stereocenters. The first-order chi connectivity index (χ1) is 54.3. The van der Waals surface area contributed by atoms with Gasteiger partial charge in [0.15, 0.2) is 5.96 Å². The van der Waals surface area contributed by atoms with Crippen LogP contribution < -0.4 is 98.6 Å². The number of carboxylic acid groups (broad SMARTS) is 1. The van der Waals surface area contributed by atoms with Crippen LogP contribution in [0, 0.1) is 17.8 Å². The molecule has 37 heteroatoms. The summed E-state index contributed by atoms with van der Waals surface area (Å²) in [5, 5.41) is 41.2. The summed E-state index contributed by atoms with van der Waals surface area (Å²) in [5.41, 5.74) is 42.9. The van der Waals surface area contributed by atoms with E-state index in [4.69, 9.17) is 40.1 Å². The van der Waals surface area contributed by atoms with E-state index in [0.29, 0.717) is 54.7 Å². The molecule has 0 fully saturated rings. The number of nitrogens with zero attached hydrogens (tertiary/aromatic N) is 2. The van der Waals surface area contributed by atoms with Crippen molar-refractivity contribution < 1.29 is 67.4 Å². The van der Waals surface area contributed by atoms with Crippen molar-refractivity contribution in [2.45, 2.75) is 236 Å². The number of nitrogens with one attached hydrogen (secondary N) is 13. The van der Waals surface area contributed by atoms with E-state index in [9.17, 15) is 57.8 Å². The van der Waals surface area contributed by atoms with Gasteiger partial charge in [-0.15, -0.1) is 0 Å². The van der Waals surface area contributed by atoms with E-state index in [-0.39, 0.29) is 140 Å². The first-order valence-corrected chi connectivity index (χ1v) is 40.5. The van der Waals surface area contributed by atoms with Gasteiger partial charge in [0.2, 0.25) is 70.9 Å². The number of primary amides is 1. The Hall–Kier alpha value is -10.2. The molecule has 0 bridgehead atoms. The molecule has 28 N–H and O–H groups in total. The maximum absolute atomic E-state index is 15.1. The first-order valence-electron chi connectivity index (χ1n) is 39.1. The minimum Gasteiger partial charge on any atom is -0.480 e. The summed E-state index contributed by atoms with van der Waals surface area (Å²) in [5.74, 6) is -11.7. The first kappa shape index (κ1) is 96.1. The molecule has 0 aliphatic rings. The number of benzene rings is 2. The number of hydrogen-bond acceptors (Lipinski definition) is 20. The van der Waals surface area contributed by atoms with Gasteiger partial charge in [-0.2, -0.15) is 11.8 Å². The van der Waals surface area contributed by atoms with Gasteiger partial charge in [0.05, 0.1) is 12.4 Å². The molecule has 632 valence electrons. The summed E-state index contributed by atoms with van der Waals surface area (Å²) < 4.78 is 0. The largest absolute Gasteiger partial charge is 0.480 e. The molecule has 2 heterocycles. The number of fused-ring (bicyclic) bond motifs is 1. The summed E-state index contributed by atoms with van der Waals surface area (Å²) in [6, 6.07) is -0.211. The minimum atomic E-state index is -1.49. The molecule has 12 atom stereocenters. The third kappa shape index (κ3) is 35.0. The molecule has 0 saturated heterocycles. The monoisotopic (exact) mass is 1610 g/mol. The summed E-state index contributed by atoms with van der Waals surface area (Å²) in [6.07, 6.45) is 7.58. The van der Waals surface area contributed by atoms with Crippen LogP contribution in [0.15, 0.2) is 78.3 Å². The van der Waals surface area contributed by atoms with Crippen LogP contribution in [0.3, 0.4) is 0 Å². The molecule has 36 nitrogen and oxygen atoms in total. The van der Waals surface area contributed by atoms with Crippen LogP contribution in [-0.2, 0) is 81.6 Å². The number of aliphatic carboxylic acids is 1. The molecule has 12 amide bonds. The number of amides is 12. The Morgan fingerprint density at radius 1 is 0.456 bits per heavy atom. The van der Waals surface area contributed by atoms with Crippen molar-refractivity contribution in [3.05, 3.63) is 90.1 Å². The fourth-order valence-corrected chi connectivity index (χ4v) is 12.9. The third-order valence-electron chi connectivity index (χ3n) is 18.8. The number of hydrogen-bond donors (Lipinski definition) is 21. The quantitative estimate of drug-likeness (QED) is 0.0141. The molecule has 2 aromatic carbocycles. The molecular formula is C77H124N22O14S. The predicted octanol–water partition coefficient (Wildman–Crippen LogP) is -1.13. The predicted molar refractivity (Wildman–Crippen MR) is 435 cm³/mol. The Morgan fingerprint density at radius 2 is 0.851 bits per heavy atom. The number of thioether (sulfide) groups is 1. The lowest BCUT2D eigenvalue weighted by Gasteiger charge is -2.29. The lowest BCUT2D eigenvalue weighted by atomic mass is 9.99. The molecule has 0 radical (unpaired) electrons. The number of H-pyrrole nitrogens is 2. The minimum absolute atomic E-state index is 0.0172. The zero-order valence-corrected chi connectivity index (χ0v) is 67.5. The number of aromatic nitrogens is 3. The summed E-state index contributed by atoms with van der Waals surface area (Å²) >= 11 is 1.37. The van der Waals surface area contributed by atoms with Gasteiger partial charge in [-0.1, -0.05) is 90.1 Å². The van der Waals surface area contributed by atoms with E-state index in [1.165, 1.54) is 24.3 Å². The highest BCUT2D eigenvalue weighted by atomic mass is 32.2. The second kappa shape index (κ2) is 51.5. The van der Waals surface area contributed by atoms with Crippen molar-refractivity contribution in [3.63, 3.8) is 0 Å². The third-order valence-corrected chi connectivity index (χ3v) is 19.5. The van der Waals surface area contributed by atoms with E-state index >= 15 is 9.59 Å². The van der Waals surface area contributed by atoms with Gasteiger partial charge in [0.25, 0.3) is 0 Å². The number of aromatic amines is 2. The van der Waals surface area contributed by atoms with Gasteiger partial charge in [0.1, 0.15) is 66.5 Å². The van der Waals surface area contributed by atoms with Gasteiger partial charge in [-0.25, -0.2) is 9.78 Å². The van der Waals surface area contributed by atoms with Crippen molar-refractivity contribution in [3.8, 4) is 0 Å². The zero-order chi connectivity index (χ0) is 84.4. The van der Waals surface area contributed by atoms with Crippen LogP contribution in [-0.4, -0.2) is 214 Å². The summed E-state index contributed by atoms with van der Waals surface area (Å²) in [6.45, 7) is 11.3. The maximum atomic E-state index is 15.1. The number of carbonyl (C=O) groups excluding carboxylic acids is 12. The standard InChI is InChI=1S/C77H124N22O14S/c1-44(2)36-58(71(107)91-54(26-15-18-33-80)68(104)99-62(76(112)113)39-48-41-87-51-23-12-11-22-50(48)51)96-74(110)61(40-49-42-85-43-88-49)98-67(103)55(27-19-34-86-77(83)84)90-65(101)52(24-13-16-31-78)92-73(109)60(38-47-20-9-8-10-21-47)97-72(108)59(37-45(3)4)95-66(102)53(25-14-17-32-79)89-70(106)57(30-35-114-7)93-69(105)56(28-29-63(81)100)94-75(111)64(82)46(5)6/h8-12,20-23,41-46,52-62,64,87H,13-19,24-40,78-80,82H2,1-7H3,(H2,81,100)(H,85,88)(H,89,106)(H,90,101)(H,91,107)(H,92,109)(H,93,105)(H,94,111)(H,95,102)(H,96,110)(H,97,108)(H,98,103)(H,99,104)(H,112,113)(H4,83,84,86)/t52-,53-,54-,55-,56-,57-,58-,59-,60-,61-,62-,64-/m0/s1. The van der Waals surface area contributed by atoms with Gasteiger partial charge in [0, 0.05) is 61.2 Å². The Kier molecular flexibility index (Phi) is 43.4. The number of imidazole rings is 1. The number of rotatable bonds is 56. The number of carboxylic acids is 1. The van der Waals surface area contributed by atoms with Gasteiger partial charge >= 0.3 is 5.97 Å². The summed E-state index contributed by atoms with van der Waals surface area (Å²) in [4.78, 5) is 199. The normalized spacial score (nSPS) is 14.5. The molecule has 0 aliphatic heterocycles. The van der Waals surface area contributed by atoms with E-state index in [2.05, 4.69) is 78.4 Å². The van der Waals surface area contributed by atoms with Crippen LogP contribution in [0.25, 0.3) is 10.9 Å². The molecule has 0 spiro atoms. The Bertz CT molecular complexity index is 3750. The van der Waals surface area contributed by atoms with Crippen molar-refractivity contribution >= 4 is 105 Å². The van der Waals surface area contributed by atoms with Crippen LogP contribution in [0.2, 0.25) is 0 Å². The van der Waals surface area contributed by atoms with Crippen LogP contribution in [0.5, 0.6) is 0 Å². The van der Waals surface area contributed by atoms with Crippen LogP contribution in [0.1, 0.15) is 161 Å². The summed E-state index contributed by atoms with van der Waals surface area (Å²) in [7, 11) is 0. The van der Waals surface area contributed by atoms with E-state index < -0.39 is 149 Å². The second-order valence-corrected chi connectivity index (χ2v) is 30.6. The topological polar surface area (TPSA) is 613 Å². The molecule has 0 saturated carbocycles. The Labute approximate surface area is 670 Å². The number of para-hydroxylation sites is 1. The smallest absolute Gasteiger partial charge is 0.326 e. The van der Waals surface area contributed by atoms with Crippen molar-refractivity contribution in [2.24, 2.45) is 62.9 Å². The van der Waals surface area contributed by atoms with Gasteiger partial charge in [-0.3, -0.25) is 62.5 Å². The van der Waals surface area contributed by atoms with Crippen molar-refractivity contribution in [1.29, 1.82) is 0 Å². The second-order valence-electron chi connectivity index (χ2n) is 29.7. The molecule has 0 aliphatic carbocycles. The Balaban J connectivity index is 1.67. The maximum Gasteiger partial charge on any atom is 0.326 e. The van der Waals surface area contributed by atoms with Crippen molar-refractivity contribution in [2.75, 3.05) is 38.2 Å². The lowest BCUT2D eigenvalue weighted by Crippen LogP contribution is -2.61. The highest BCUT2D eigenvalue weighted by Gasteiger charge is 2.38. The van der Waals surface area contributed by atoms with Gasteiger partial charge < -0.3 is 114 Å². The van der Waals surface area contributed by atoms with E-state index in [0.717, 1.165) is 10.9 Å². The average Bonchev–Trinajstić information content (AvgIpc) is 1.62. The number of guanidine groups is 1. The Morgan fingerprint density at radius 3 is 1.27 bits per heavy atom. The number of aliphatic imine (C=N–C) groups is 1. The lowest BCUT2D eigenvalue weighted by molar-refractivity contribution is -0.142. The SMILES string of the molecule is CSCC[C@H](NC(=O)[C@H](CCC(N)=O)NC(=O)[C@@H](N)C(C)C)C(=O)N[C@@H](CCCCN)C(=O)N[C@@H](CC(C)C)C(=O)N[C@@H](Cc1ccccc1)C(=O)N[C@@H](CCCCN)C(=O)N[C@@H](CCCN=C(N)N)C(=O)N[C@@H](Cc1cnc[nH]1)C(=O)N[C@@H](CC(C)C)C(=O)N[C@@H](CCCCN)C(=O)N[C@@H](Cc1c[nH]c2ccccc12)C(=O)O. The molecular weight excluding hydrogens is 1490 g/mol. The fraction of sp³-hybridized carbons (Fsp3) is 0.597. The van der Waals surface area contributed by atoms with E-state index in [1.807, 2.05) is 18.2 Å². The highest BCUT2D eigenvalue weighted by Crippen LogP contribution is 2.21. The van der Waals surface area contributed by atoms with Crippen LogP contribution >= 0.6 is 11.8 Å². The fourth-order valence-electron chi connectivity index (χ4n) is 12.4. The highest BCUT2D eigenvalue weighted by molar-refractivity contribution is 7.98. The van der Waals surface area contributed by atoms with Gasteiger partial charge in [-0.05, 0) is 163 Å². The molecule has 2 aromatic heterocycles. The van der Waals surface area contributed by atoms with E-state index in [1.54, 1.807) is 90.4 Å². The molecule has 114 heavy (non-hydrogen) atoms. The molecule has 4 aromatic rings. The number of nitrogens with two attached hydrogens (primary N) is 7. The van der Waals surface area contributed by atoms with Crippen molar-refractivity contribution in [1.82, 2.24) is 73.4 Å².